The van der Waals surface area contributed by atoms with Gasteiger partial charge in [0.2, 0.25) is 0 Å². The van der Waals surface area contributed by atoms with Crippen molar-refractivity contribution in [2.75, 3.05) is 26.7 Å². The molecular weight excluding hydrogens is 389 g/mol. The van der Waals surface area contributed by atoms with E-state index >= 15 is 0 Å². The van der Waals surface area contributed by atoms with Crippen LogP contribution in [0.4, 0.5) is 13.2 Å². The molecule has 0 amide bonds. The van der Waals surface area contributed by atoms with Crippen LogP contribution in [0.15, 0.2) is 53.3 Å². The number of halogens is 3. The van der Waals surface area contributed by atoms with Gasteiger partial charge in [0, 0.05) is 42.9 Å². The summed E-state index contributed by atoms with van der Waals surface area (Å²) in [5.74, 6) is -0.214. The topological polar surface area (TPSA) is 62.9 Å². The average molecular weight is 416 g/mol. The summed E-state index contributed by atoms with van der Waals surface area (Å²) >= 11 is 0. The van der Waals surface area contributed by atoms with Crippen LogP contribution in [-0.2, 0) is 0 Å². The Labute approximate surface area is 175 Å². The first kappa shape index (κ1) is 23.4. The zero-order valence-corrected chi connectivity index (χ0v) is 17.7. The predicted molar refractivity (Wildman–Crippen MR) is 114 cm³/mol. The first-order chi connectivity index (χ1) is 14.1. The Hall–Kier alpha value is -2.85. The molecule has 0 radical (unpaired) electrons. The van der Waals surface area contributed by atoms with Gasteiger partial charge in [-0.25, -0.2) is 0 Å². The quantitative estimate of drug-likeness (QED) is 0.505. The third kappa shape index (κ3) is 5.39. The molecule has 2 rings (SSSR count). The molecule has 1 heterocycles. The molecule has 0 bridgehead atoms. The molecule has 30 heavy (non-hydrogen) atoms. The molecule has 1 aromatic carbocycles. The Bertz CT molecular complexity index is 933. The van der Waals surface area contributed by atoms with Crippen molar-refractivity contribution in [2.45, 2.75) is 32.9 Å². The first-order valence-corrected chi connectivity index (χ1v) is 9.75. The van der Waals surface area contributed by atoms with E-state index in [4.69, 9.17) is 5.41 Å². The summed E-state index contributed by atoms with van der Waals surface area (Å²) in [5.41, 5.74) is 2.06. The Kier molecular flexibility index (Phi) is 7.63. The fourth-order valence-electron chi connectivity index (χ4n) is 3.71. The van der Waals surface area contributed by atoms with E-state index in [0.717, 1.165) is 17.7 Å². The largest absolute Gasteiger partial charge is 0.433 e. The summed E-state index contributed by atoms with van der Waals surface area (Å²) in [4.78, 5) is 2.11. The molecule has 1 aliphatic heterocycles. The van der Waals surface area contributed by atoms with Gasteiger partial charge in [0.05, 0.1) is 6.07 Å². The van der Waals surface area contributed by atoms with Crippen LogP contribution < -0.4 is 5.32 Å². The normalized spacial score (nSPS) is 18.9. The molecule has 0 saturated carbocycles. The number of nitriles is 1. The second-order valence-corrected chi connectivity index (χ2v) is 7.50. The molecule has 160 valence electrons. The molecule has 0 unspecified atom stereocenters. The number of alkyl halides is 3. The molecule has 1 aliphatic rings. The lowest BCUT2D eigenvalue weighted by Crippen LogP contribution is -2.33. The number of hydrogen-bond donors (Lipinski definition) is 2. The maximum absolute atomic E-state index is 13.4. The number of hydrogen-bond acceptors (Lipinski definition) is 4. The molecule has 2 N–H and O–H groups in total. The van der Waals surface area contributed by atoms with Crippen LogP contribution in [-0.4, -0.2) is 43.5 Å². The Balaban J connectivity index is 2.70. The number of allylic oxidation sites excluding steroid dienone is 3. The van der Waals surface area contributed by atoms with Gasteiger partial charge in [-0.05, 0) is 50.6 Å². The highest BCUT2D eigenvalue weighted by atomic mass is 19.4. The summed E-state index contributed by atoms with van der Waals surface area (Å²) < 4.78 is 40.3. The van der Waals surface area contributed by atoms with E-state index < -0.39 is 11.9 Å². The predicted octanol–water partition coefficient (Wildman–Crippen LogP) is 5.03. The van der Waals surface area contributed by atoms with Gasteiger partial charge in [-0.2, -0.15) is 18.4 Å². The van der Waals surface area contributed by atoms with E-state index in [9.17, 15) is 18.4 Å². The highest BCUT2D eigenvalue weighted by Crippen LogP contribution is 2.38. The number of nitrogens with zero attached hydrogens (tertiary/aromatic N) is 2. The van der Waals surface area contributed by atoms with E-state index in [1.807, 2.05) is 26.1 Å². The van der Waals surface area contributed by atoms with E-state index in [0.29, 0.717) is 29.8 Å². The van der Waals surface area contributed by atoms with Crippen molar-refractivity contribution in [3.63, 3.8) is 0 Å². The molecule has 0 fully saturated rings. The number of rotatable bonds is 6. The molecule has 1 atom stereocenters. The maximum atomic E-state index is 13.4. The van der Waals surface area contributed by atoms with Crippen molar-refractivity contribution in [3.8, 4) is 6.07 Å². The van der Waals surface area contributed by atoms with Crippen LogP contribution in [0.5, 0.6) is 0 Å². The second kappa shape index (κ2) is 9.77. The van der Waals surface area contributed by atoms with E-state index in [2.05, 4.69) is 16.3 Å². The minimum atomic E-state index is -4.76. The molecule has 0 aliphatic carbocycles. The summed E-state index contributed by atoms with van der Waals surface area (Å²) in [7, 11) is 1.96. The number of likely N-dealkylation sites (N-methyl/N-ethyl adjacent to an activating group) is 1. The van der Waals surface area contributed by atoms with Gasteiger partial charge in [-0.3, -0.25) is 5.41 Å². The molecule has 1 aromatic rings. The monoisotopic (exact) mass is 416 g/mol. The zero-order valence-electron chi connectivity index (χ0n) is 17.7. The van der Waals surface area contributed by atoms with Gasteiger partial charge < -0.3 is 10.2 Å². The van der Waals surface area contributed by atoms with Gasteiger partial charge in [0.15, 0.2) is 0 Å². The smallest absolute Gasteiger partial charge is 0.391 e. The summed E-state index contributed by atoms with van der Waals surface area (Å²) in [5, 5.41) is 19.8. The van der Waals surface area contributed by atoms with E-state index in [-0.39, 0.29) is 11.5 Å². The van der Waals surface area contributed by atoms with Crippen molar-refractivity contribution in [3.05, 3.63) is 64.4 Å². The van der Waals surface area contributed by atoms with Crippen molar-refractivity contribution in [1.82, 2.24) is 10.2 Å². The summed E-state index contributed by atoms with van der Waals surface area (Å²) in [6, 6.07) is 9.04. The van der Waals surface area contributed by atoms with Crippen molar-refractivity contribution in [1.29, 1.82) is 10.7 Å². The van der Waals surface area contributed by atoms with E-state index in [1.54, 1.807) is 32.0 Å². The highest BCUT2D eigenvalue weighted by molar-refractivity contribution is 6.25. The highest BCUT2D eigenvalue weighted by Gasteiger charge is 2.38. The minimum absolute atomic E-state index is 0.189. The van der Waals surface area contributed by atoms with Crippen LogP contribution >= 0.6 is 0 Å². The van der Waals surface area contributed by atoms with Crippen LogP contribution in [0.25, 0.3) is 5.57 Å². The molecule has 0 spiro atoms. The molecule has 7 heteroatoms. The Morgan fingerprint density at radius 2 is 2.03 bits per heavy atom. The van der Waals surface area contributed by atoms with Crippen molar-refractivity contribution < 1.29 is 13.2 Å². The fraction of sp³-hybridized carbons (Fsp3) is 0.391. The maximum Gasteiger partial charge on any atom is 0.433 e. The lowest BCUT2D eigenvalue weighted by atomic mass is 9.80. The lowest BCUT2D eigenvalue weighted by Gasteiger charge is -2.34. The molecular formula is C23H27F3N4. The van der Waals surface area contributed by atoms with Crippen molar-refractivity contribution in [2.24, 2.45) is 0 Å². The SMILES string of the molecule is CCN/C=C(\C(=N)C(F)(F)F)c1ccccc1[C@@H]1CN(C)CC(C)=C1/C=C(\C)C#N. The third-order valence-electron chi connectivity index (χ3n) is 5.05. The Morgan fingerprint density at radius 3 is 2.63 bits per heavy atom. The summed E-state index contributed by atoms with van der Waals surface area (Å²) in [6.07, 6.45) is -1.66. The second-order valence-electron chi connectivity index (χ2n) is 7.50. The van der Waals surface area contributed by atoms with Crippen LogP contribution in [0.1, 0.15) is 37.8 Å². The zero-order chi connectivity index (χ0) is 22.5. The standard InChI is InChI=1S/C23H27F3N4/c1-5-29-12-20(22(28)23(24,25)26)17-8-6-7-9-18(17)21-14-30(4)13-16(3)19(21)10-15(2)11-27/h6-10,12,21,28-29H,5,13-14H2,1-4H3/b15-10+,20-12-,28-22?/t21-/m0/s1. The third-order valence-corrected chi connectivity index (χ3v) is 5.05. The minimum Gasteiger partial charge on any atom is -0.391 e. The molecule has 0 aromatic heterocycles. The van der Waals surface area contributed by atoms with Gasteiger partial charge in [0.25, 0.3) is 0 Å². The lowest BCUT2D eigenvalue weighted by molar-refractivity contribution is -0.0578. The van der Waals surface area contributed by atoms with E-state index in [1.165, 1.54) is 6.20 Å². The number of benzene rings is 1. The average Bonchev–Trinajstić information content (AvgIpc) is 2.69. The summed E-state index contributed by atoms with van der Waals surface area (Å²) in [6.45, 7) is 7.25. The number of nitrogens with one attached hydrogen (secondary N) is 2. The molecule has 0 saturated heterocycles. The molecule has 4 nitrogen and oxygen atoms in total. The first-order valence-electron chi connectivity index (χ1n) is 9.75. The van der Waals surface area contributed by atoms with Gasteiger partial charge in [-0.15, -0.1) is 0 Å². The van der Waals surface area contributed by atoms with Crippen LogP contribution in [0.3, 0.4) is 0 Å². The Morgan fingerprint density at radius 1 is 1.37 bits per heavy atom. The van der Waals surface area contributed by atoms with Crippen LogP contribution in [0.2, 0.25) is 0 Å². The van der Waals surface area contributed by atoms with Crippen molar-refractivity contribution >= 4 is 11.3 Å². The fourth-order valence-corrected chi connectivity index (χ4v) is 3.71. The van der Waals surface area contributed by atoms with Crippen LogP contribution in [0, 0.1) is 16.7 Å². The van der Waals surface area contributed by atoms with Gasteiger partial charge in [0.1, 0.15) is 5.71 Å². The van der Waals surface area contributed by atoms with Gasteiger partial charge >= 0.3 is 6.18 Å². The van der Waals surface area contributed by atoms with Gasteiger partial charge in [-0.1, -0.05) is 29.8 Å².